The summed E-state index contributed by atoms with van der Waals surface area (Å²) >= 11 is 0. The summed E-state index contributed by atoms with van der Waals surface area (Å²) in [6, 6.07) is 15.1. The number of nitrogens with zero attached hydrogens (tertiary/aromatic N) is 1. The molecule has 1 heterocycles. The predicted octanol–water partition coefficient (Wildman–Crippen LogP) is 3.43. The van der Waals surface area contributed by atoms with Crippen molar-refractivity contribution in [2.75, 3.05) is 13.7 Å². The Morgan fingerprint density at radius 1 is 1.00 bits per heavy atom. The zero-order valence-corrected chi connectivity index (χ0v) is 13.0. The van der Waals surface area contributed by atoms with E-state index < -0.39 is 0 Å². The molecule has 0 aliphatic carbocycles. The highest BCUT2D eigenvalue weighted by Crippen LogP contribution is 2.23. The quantitative estimate of drug-likeness (QED) is 0.846. The van der Waals surface area contributed by atoms with E-state index in [1.165, 1.54) is 11.1 Å². The molecule has 112 valence electrons. The van der Waals surface area contributed by atoms with Crippen LogP contribution in [0.5, 0.6) is 0 Å². The van der Waals surface area contributed by atoms with Crippen LogP contribution in [-0.2, 0) is 4.74 Å². The molecule has 2 atom stereocenters. The zero-order valence-electron chi connectivity index (χ0n) is 13.0. The second-order valence-corrected chi connectivity index (χ2v) is 5.60. The van der Waals surface area contributed by atoms with Gasteiger partial charge in [0.2, 0.25) is 0 Å². The van der Waals surface area contributed by atoms with Gasteiger partial charge < -0.3 is 10.1 Å². The van der Waals surface area contributed by atoms with E-state index in [1.54, 1.807) is 7.11 Å². The Morgan fingerprint density at radius 2 is 1.62 bits per heavy atom. The van der Waals surface area contributed by atoms with Crippen LogP contribution in [0, 0.1) is 5.92 Å². The fourth-order valence-electron chi connectivity index (χ4n) is 2.41. The standard InChI is InChI=1S/C18H24N2O/c1-14(2)17(13-21-3)20-18(15-7-5-4-6-8-15)16-9-11-19-12-10-16/h4-12,14,17-18,20H,13H2,1-3H3. The summed E-state index contributed by atoms with van der Waals surface area (Å²) in [5.74, 6) is 0.498. The number of hydrogen-bond acceptors (Lipinski definition) is 3. The SMILES string of the molecule is COCC(NC(c1ccccc1)c1ccncc1)C(C)C. The molecule has 1 aromatic carbocycles. The molecule has 1 aromatic heterocycles. The van der Waals surface area contributed by atoms with E-state index in [2.05, 4.69) is 60.5 Å². The minimum Gasteiger partial charge on any atom is -0.383 e. The minimum atomic E-state index is 0.150. The van der Waals surface area contributed by atoms with Crippen molar-refractivity contribution in [3.8, 4) is 0 Å². The molecular weight excluding hydrogens is 260 g/mol. The Labute approximate surface area is 127 Å². The summed E-state index contributed by atoms with van der Waals surface area (Å²) < 4.78 is 5.36. The molecule has 0 radical (unpaired) electrons. The molecule has 0 saturated carbocycles. The van der Waals surface area contributed by atoms with Crippen molar-refractivity contribution in [3.05, 3.63) is 66.0 Å². The van der Waals surface area contributed by atoms with E-state index in [4.69, 9.17) is 4.74 Å². The van der Waals surface area contributed by atoms with Gasteiger partial charge in [-0.25, -0.2) is 0 Å². The Balaban J connectivity index is 2.28. The van der Waals surface area contributed by atoms with Crippen LogP contribution in [0.15, 0.2) is 54.9 Å². The van der Waals surface area contributed by atoms with Crippen molar-refractivity contribution >= 4 is 0 Å². The average molecular weight is 284 g/mol. The fraction of sp³-hybridized carbons (Fsp3) is 0.389. The second kappa shape index (κ2) is 7.91. The maximum absolute atomic E-state index is 5.36. The van der Waals surface area contributed by atoms with Crippen LogP contribution in [0.4, 0.5) is 0 Å². The summed E-state index contributed by atoms with van der Waals surface area (Å²) in [5.41, 5.74) is 2.48. The first kappa shape index (κ1) is 15.7. The third-order valence-corrected chi connectivity index (χ3v) is 3.70. The number of pyridine rings is 1. The zero-order chi connectivity index (χ0) is 15.1. The monoisotopic (exact) mass is 284 g/mol. The molecule has 0 aliphatic heterocycles. The molecule has 0 bridgehead atoms. The van der Waals surface area contributed by atoms with Gasteiger partial charge in [0.1, 0.15) is 0 Å². The highest BCUT2D eigenvalue weighted by atomic mass is 16.5. The van der Waals surface area contributed by atoms with Crippen molar-refractivity contribution in [2.45, 2.75) is 25.9 Å². The lowest BCUT2D eigenvalue weighted by Crippen LogP contribution is -2.40. The second-order valence-electron chi connectivity index (χ2n) is 5.60. The maximum atomic E-state index is 5.36. The van der Waals surface area contributed by atoms with E-state index in [0.717, 1.165) is 0 Å². The summed E-state index contributed by atoms with van der Waals surface area (Å²) in [4.78, 5) is 4.12. The third-order valence-electron chi connectivity index (χ3n) is 3.70. The smallest absolute Gasteiger partial charge is 0.0618 e. The van der Waals surface area contributed by atoms with Crippen LogP contribution < -0.4 is 5.32 Å². The third kappa shape index (κ3) is 4.38. The number of ether oxygens (including phenoxy) is 1. The molecular formula is C18H24N2O. The Bertz CT molecular complexity index is 474. The minimum absolute atomic E-state index is 0.150. The fourth-order valence-corrected chi connectivity index (χ4v) is 2.41. The lowest BCUT2D eigenvalue weighted by atomic mass is 9.96. The van der Waals surface area contributed by atoms with Gasteiger partial charge in [0.25, 0.3) is 0 Å². The van der Waals surface area contributed by atoms with Gasteiger partial charge in [-0.15, -0.1) is 0 Å². The van der Waals surface area contributed by atoms with E-state index in [1.807, 2.05) is 18.5 Å². The number of methoxy groups -OCH3 is 1. The van der Waals surface area contributed by atoms with Crippen molar-refractivity contribution in [3.63, 3.8) is 0 Å². The lowest BCUT2D eigenvalue weighted by Gasteiger charge is -2.28. The number of benzene rings is 1. The highest BCUT2D eigenvalue weighted by Gasteiger charge is 2.20. The van der Waals surface area contributed by atoms with Gasteiger partial charge in [-0.1, -0.05) is 44.2 Å². The molecule has 2 aromatic rings. The largest absolute Gasteiger partial charge is 0.383 e. The van der Waals surface area contributed by atoms with Gasteiger partial charge in [-0.05, 0) is 29.2 Å². The van der Waals surface area contributed by atoms with Crippen LogP contribution in [-0.4, -0.2) is 24.7 Å². The molecule has 2 unspecified atom stereocenters. The first-order chi connectivity index (χ1) is 10.2. The number of nitrogens with one attached hydrogen (secondary N) is 1. The average Bonchev–Trinajstić information content (AvgIpc) is 2.53. The number of aromatic nitrogens is 1. The highest BCUT2D eigenvalue weighted by molar-refractivity contribution is 5.30. The normalized spacial score (nSPS) is 14.1. The van der Waals surface area contributed by atoms with Gasteiger partial charge in [0.15, 0.2) is 0 Å². The molecule has 21 heavy (non-hydrogen) atoms. The molecule has 0 saturated heterocycles. The Hall–Kier alpha value is -1.71. The summed E-state index contributed by atoms with van der Waals surface area (Å²) in [7, 11) is 1.75. The van der Waals surface area contributed by atoms with Crippen molar-refractivity contribution in [1.82, 2.24) is 10.3 Å². The molecule has 0 amide bonds. The van der Waals surface area contributed by atoms with Crippen LogP contribution in [0.25, 0.3) is 0 Å². The van der Waals surface area contributed by atoms with Crippen LogP contribution in [0.2, 0.25) is 0 Å². The van der Waals surface area contributed by atoms with Gasteiger partial charge in [-0.2, -0.15) is 0 Å². The molecule has 0 aliphatic rings. The molecule has 2 rings (SSSR count). The Morgan fingerprint density at radius 3 is 2.19 bits per heavy atom. The van der Waals surface area contributed by atoms with Crippen LogP contribution >= 0.6 is 0 Å². The van der Waals surface area contributed by atoms with Crippen LogP contribution in [0.3, 0.4) is 0 Å². The molecule has 1 N–H and O–H groups in total. The summed E-state index contributed by atoms with van der Waals surface area (Å²) in [6.07, 6.45) is 3.68. The molecule has 0 spiro atoms. The number of hydrogen-bond donors (Lipinski definition) is 1. The van der Waals surface area contributed by atoms with Gasteiger partial charge in [0, 0.05) is 25.5 Å². The predicted molar refractivity (Wildman–Crippen MR) is 86.2 cm³/mol. The first-order valence-corrected chi connectivity index (χ1v) is 7.42. The van der Waals surface area contributed by atoms with E-state index in [0.29, 0.717) is 18.6 Å². The van der Waals surface area contributed by atoms with Crippen molar-refractivity contribution < 1.29 is 4.74 Å². The maximum Gasteiger partial charge on any atom is 0.0618 e. The van der Waals surface area contributed by atoms with Gasteiger partial charge in [-0.3, -0.25) is 4.98 Å². The first-order valence-electron chi connectivity index (χ1n) is 7.42. The van der Waals surface area contributed by atoms with Crippen molar-refractivity contribution in [1.29, 1.82) is 0 Å². The van der Waals surface area contributed by atoms with Gasteiger partial charge in [0.05, 0.1) is 12.6 Å². The lowest BCUT2D eigenvalue weighted by molar-refractivity contribution is 0.143. The van der Waals surface area contributed by atoms with Crippen molar-refractivity contribution in [2.24, 2.45) is 5.92 Å². The van der Waals surface area contributed by atoms with Gasteiger partial charge >= 0.3 is 0 Å². The van der Waals surface area contributed by atoms with Crippen LogP contribution in [0.1, 0.15) is 31.0 Å². The molecule has 3 nitrogen and oxygen atoms in total. The van der Waals surface area contributed by atoms with E-state index >= 15 is 0 Å². The van der Waals surface area contributed by atoms with E-state index in [9.17, 15) is 0 Å². The molecule has 3 heteroatoms. The van der Waals surface area contributed by atoms with E-state index in [-0.39, 0.29) is 6.04 Å². The Kier molecular flexibility index (Phi) is 5.90. The molecule has 0 fully saturated rings. The topological polar surface area (TPSA) is 34.1 Å². The summed E-state index contributed by atoms with van der Waals surface area (Å²) in [5, 5.41) is 3.73. The summed E-state index contributed by atoms with van der Waals surface area (Å²) in [6.45, 7) is 5.13. The number of rotatable bonds is 7.